The Morgan fingerprint density at radius 1 is 1.12 bits per heavy atom. The molecule has 2 N–H and O–H groups in total. The van der Waals surface area contributed by atoms with E-state index in [0.29, 0.717) is 24.6 Å². The quantitative estimate of drug-likeness (QED) is 0.620. The van der Waals surface area contributed by atoms with Crippen LogP contribution in [0.4, 0.5) is 13.2 Å². The van der Waals surface area contributed by atoms with Crippen molar-refractivity contribution in [2.24, 2.45) is 4.99 Å². The van der Waals surface area contributed by atoms with Crippen LogP contribution in [0.2, 0.25) is 0 Å². The molecular weight excluding hydrogens is 329 g/mol. The summed E-state index contributed by atoms with van der Waals surface area (Å²) in [7, 11) is 0. The summed E-state index contributed by atoms with van der Waals surface area (Å²) in [5, 5.41) is 6.24. The molecule has 0 radical (unpaired) electrons. The molecule has 0 fully saturated rings. The SMILES string of the molecule is CCNC(=NCc1cccc(C(F)(F)F)c1)NCCc1ccccn1. The minimum atomic E-state index is -4.34. The third-order valence-corrected chi connectivity index (χ3v) is 3.42. The summed E-state index contributed by atoms with van der Waals surface area (Å²) >= 11 is 0. The van der Waals surface area contributed by atoms with E-state index in [-0.39, 0.29) is 6.54 Å². The zero-order valence-electron chi connectivity index (χ0n) is 14.0. The number of halogens is 3. The van der Waals surface area contributed by atoms with Gasteiger partial charge in [-0.2, -0.15) is 13.2 Å². The highest BCUT2D eigenvalue weighted by Crippen LogP contribution is 2.29. The van der Waals surface area contributed by atoms with Crippen LogP contribution in [-0.4, -0.2) is 24.0 Å². The number of guanidine groups is 1. The van der Waals surface area contributed by atoms with Gasteiger partial charge in [0.1, 0.15) is 0 Å². The highest BCUT2D eigenvalue weighted by Gasteiger charge is 2.30. The van der Waals surface area contributed by atoms with Gasteiger partial charge in [0.15, 0.2) is 5.96 Å². The fraction of sp³-hybridized carbons (Fsp3) is 0.333. The zero-order chi connectivity index (χ0) is 18.1. The van der Waals surface area contributed by atoms with Gasteiger partial charge in [-0.3, -0.25) is 4.98 Å². The summed E-state index contributed by atoms with van der Waals surface area (Å²) in [6, 6.07) is 10.9. The summed E-state index contributed by atoms with van der Waals surface area (Å²) in [6.07, 6.45) is -1.87. The molecule has 7 heteroatoms. The average molecular weight is 350 g/mol. The largest absolute Gasteiger partial charge is 0.416 e. The Kier molecular flexibility index (Phi) is 6.80. The molecule has 0 aliphatic rings. The van der Waals surface area contributed by atoms with Crippen molar-refractivity contribution in [2.45, 2.75) is 26.1 Å². The number of hydrogen-bond donors (Lipinski definition) is 2. The van der Waals surface area contributed by atoms with Gasteiger partial charge in [-0.15, -0.1) is 0 Å². The minimum Gasteiger partial charge on any atom is -0.357 e. The predicted molar refractivity (Wildman–Crippen MR) is 92.2 cm³/mol. The van der Waals surface area contributed by atoms with Crippen LogP contribution in [-0.2, 0) is 19.1 Å². The Morgan fingerprint density at radius 2 is 1.96 bits per heavy atom. The van der Waals surface area contributed by atoms with Crippen LogP contribution >= 0.6 is 0 Å². The van der Waals surface area contributed by atoms with Crippen molar-refractivity contribution in [1.82, 2.24) is 15.6 Å². The number of aromatic nitrogens is 1. The smallest absolute Gasteiger partial charge is 0.357 e. The fourth-order valence-corrected chi connectivity index (χ4v) is 2.21. The first-order chi connectivity index (χ1) is 12.0. The monoisotopic (exact) mass is 350 g/mol. The Labute approximate surface area is 145 Å². The number of nitrogens with one attached hydrogen (secondary N) is 2. The maximum Gasteiger partial charge on any atom is 0.416 e. The standard InChI is InChI=1S/C18H21F3N4/c1-2-22-17(24-11-9-16-8-3-4-10-23-16)25-13-14-6-5-7-15(12-14)18(19,20)21/h3-8,10,12H,2,9,11,13H2,1H3,(H2,22,24,25). The Bertz CT molecular complexity index is 684. The Hall–Kier alpha value is -2.57. The molecule has 2 aromatic rings. The van der Waals surface area contributed by atoms with Gasteiger partial charge in [0.2, 0.25) is 0 Å². The molecule has 0 saturated carbocycles. The van der Waals surface area contributed by atoms with Crippen LogP contribution in [0.5, 0.6) is 0 Å². The van der Waals surface area contributed by atoms with E-state index < -0.39 is 11.7 Å². The third-order valence-electron chi connectivity index (χ3n) is 3.42. The summed E-state index contributed by atoms with van der Waals surface area (Å²) in [6.45, 7) is 3.40. The van der Waals surface area contributed by atoms with Crippen LogP contribution in [0.15, 0.2) is 53.7 Å². The second-order valence-electron chi connectivity index (χ2n) is 5.39. The van der Waals surface area contributed by atoms with Crippen molar-refractivity contribution >= 4 is 5.96 Å². The molecule has 4 nitrogen and oxygen atoms in total. The summed E-state index contributed by atoms with van der Waals surface area (Å²) < 4.78 is 38.2. The van der Waals surface area contributed by atoms with Crippen molar-refractivity contribution in [1.29, 1.82) is 0 Å². The molecule has 0 saturated heterocycles. The van der Waals surface area contributed by atoms with Gasteiger partial charge in [0, 0.05) is 31.4 Å². The molecule has 2 rings (SSSR count). The van der Waals surface area contributed by atoms with E-state index >= 15 is 0 Å². The fourth-order valence-electron chi connectivity index (χ4n) is 2.21. The number of aliphatic imine (C=N–C) groups is 1. The Balaban J connectivity index is 1.95. The Morgan fingerprint density at radius 3 is 2.64 bits per heavy atom. The molecule has 0 aliphatic heterocycles. The molecule has 0 bridgehead atoms. The number of hydrogen-bond acceptors (Lipinski definition) is 2. The lowest BCUT2D eigenvalue weighted by Gasteiger charge is -2.12. The van der Waals surface area contributed by atoms with Gasteiger partial charge in [-0.05, 0) is 36.8 Å². The molecule has 1 aromatic carbocycles. The second-order valence-corrected chi connectivity index (χ2v) is 5.39. The first-order valence-electron chi connectivity index (χ1n) is 8.07. The number of rotatable bonds is 6. The first-order valence-corrected chi connectivity index (χ1v) is 8.07. The molecule has 0 atom stereocenters. The molecule has 1 aromatic heterocycles. The number of pyridine rings is 1. The minimum absolute atomic E-state index is 0.169. The molecule has 25 heavy (non-hydrogen) atoms. The van der Waals surface area contributed by atoms with Crippen LogP contribution in [0.1, 0.15) is 23.7 Å². The van der Waals surface area contributed by atoms with Gasteiger partial charge in [0.05, 0.1) is 12.1 Å². The molecule has 134 valence electrons. The van der Waals surface area contributed by atoms with Crippen molar-refractivity contribution in [2.75, 3.05) is 13.1 Å². The van der Waals surface area contributed by atoms with Crippen molar-refractivity contribution in [3.63, 3.8) is 0 Å². The van der Waals surface area contributed by atoms with Gasteiger partial charge in [0.25, 0.3) is 0 Å². The van der Waals surface area contributed by atoms with E-state index in [0.717, 1.165) is 24.2 Å². The molecule has 0 spiro atoms. The van der Waals surface area contributed by atoms with Crippen LogP contribution in [0, 0.1) is 0 Å². The first kappa shape index (κ1) is 18.8. The maximum atomic E-state index is 12.7. The topological polar surface area (TPSA) is 49.3 Å². The van der Waals surface area contributed by atoms with E-state index in [9.17, 15) is 13.2 Å². The maximum absolute atomic E-state index is 12.7. The van der Waals surface area contributed by atoms with Gasteiger partial charge in [-0.1, -0.05) is 18.2 Å². The van der Waals surface area contributed by atoms with Crippen molar-refractivity contribution in [3.8, 4) is 0 Å². The van der Waals surface area contributed by atoms with Crippen LogP contribution in [0.3, 0.4) is 0 Å². The van der Waals surface area contributed by atoms with E-state index in [2.05, 4.69) is 20.6 Å². The summed E-state index contributed by atoms with van der Waals surface area (Å²) in [4.78, 5) is 8.59. The third kappa shape index (κ3) is 6.45. The number of alkyl halides is 3. The highest BCUT2D eigenvalue weighted by atomic mass is 19.4. The molecular formula is C18H21F3N4. The van der Waals surface area contributed by atoms with Crippen LogP contribution < -0.4 is 10.6 Å². The number of benzene rings is 1. The lowest BCUT2D eigenvalue weighted by Crippen LogP contribution is -2.38. The van der Waals surface area contributed by atoms with E-state index in [1.165, 1.54) is 6.07 Å². The van der Waals surface area contributed by atoms with Crippen molar-refractivity contribution in [3.05, 3.63) is 65.5 Å². The molecule has 0 amide bonds. The van der Waals surface area contributed by atoms with E-state index in [4.69, 9.17) is 0 Å². The molecule has 0 aliphatic carbocycles. The zero-order valence-corrected chi connectivity index (χ0v) is 14.0. The normalized spacial score (nSPS) is 12.1. The van der Waals surface area contributed by atoms with Gasteiger partial charge >= 0.3 is 6.18 Å². The summed E-state index contributed by atoms with van der Waals surface area (Å²) in [5.74, 6) is 0.566. The average Bonchev–Trinajstić information content (AvgIpc) is 2.60. The van der Waals surface area contributed by atoms with E-state index in [1.54, 1.807) is 12.3 Å². The van der Waals surface area contributed by atoms with Gasteiger partial charge < -0.3 is 10.6 Å². The lowest BCUT2D eigenvalue weighted by atomic mass is 10.1. The van der Waals surface area contributed by atoms with E-state index in [1.807, 2.05) is 25.1 Å². The van der Waals surface area contributed by atoms with Gasteiger partial charge in [-0.25, -0.2) is 4.99 Å². The highest BCUT2D eigenvalue weighted by molar-refractivity contribution is 5.79. The predicted octanol–water partition coefficient (Wildman–Crippen LogP) is 3.40. The van der Waals surface area contributed by atoms with Crippen molar-refractivity contribution < 1.29 is 13.2 Å². The molecule has 0 unspecified atom stereocenters. The molecule has 1 heterocycles. The second kappa shape index (κ2) is 9.05. The summed E-state index contributed by atoms with van der Waals surface area (Å²) in [5.41, 5.74) is 0.814. The lowest BCUT2D eigenvalue weighted by molar-refractivity contribution is -0.137. The van der Waals surface area contributed by atoms with Crippen LogP contribution in [0.25, 0.3) is 0 Å². The number of nitrogens with zero attached hydrogens (tertiary/aromatic N) is 2.